The predicted octanol–water partition coefficient (Wildman–Crippen LogP) is 2.09. The average molecular weight is 281 g/mol. The summed E-state index contributed by atoms with van der Waals surface area (Å²) in [6.07, 6.45) is 0.933. The van der Waals surface area contributed by atoms with E-state index in [0.717, 1.165) is 29.7 Å². The van der Waals surface area contributed by atoms with Gasteiger partial charge in [0.1, 0.15) is 0 Å². The average Bonchev–Trinajstić information content (AvgIpc) is 2.31. The van der Waals surface area contributed by atoms with Gasteiger partial charge in [0.15, 0.2) is 0 Å². The smallest absolute Gasteiger partial charge is 0.228 e. The van der Waals surface area contributed by atoms with Crippen molar-refractivity contribution in [2.75, 3.05) is 18.4 Å². The summed E-state index contributed by atoms with van der Waals surface area (Å²) in [5.41, 5.74) is 2.21. The minimum atomic E-state index is 0.142. The van der Waals surface area contributed by atoms with Gasteiger partial charge in [-0.1, -0.05) is 12.1 Å². The topological polar surface area (TPSA) is 41.1 Å². The number of hydrogen-bond acceptors (Lipinski definition) is 2. The molecule has 0 bridgehead atoms. The molecule has 3 nitrogen and oxygen atoms in total. The fraction of sp³-hybridized carbons (Fsp3) is 0.417. The van der Waals surface area contributed by atoms with Crippen molar-refractivity contribution < 1.29 is 4.79 Å². The van der Waals surface area contributed by atoms with E-state index in [1.54, 1.807) is 0 Å². The number of para-hydroxylation sites is 1. The van der Waals surface area contributed by atoms with Gasteiger partial charge in [-0.3, -0.25) is 4.79 Å². The Labute approximate surface area is 103 Å². The molecule has 0 saturated carbocycles. The van der Waals surface area contributed by atoms with Crippen LogP contribution in [-0.4, -0.2) is 19.0 Å². The molecule has 2 atom stereocenters. The molecule has 2 N–H and O–H groups in total. The molecule has 1 saturated heterocycles. The summed E-state index contributed by atoms with van der Waals surface area (Å²) in [6, 6.07) is 6.12. The van der Waals surface area contributed by atoms with Gasteiger partial charge in [-0.15, -0.1) is 0 Å². The summed E-state index contributed by atoms with van der Waals surface area (Å²) in [4.78, 5) is 12.0. The number of halogens is 1. The van der Waals surface area contributed by atoms with Crippen molar-refractivity contribution in [2.45, 2.75) is 12.3 Å². The Balaban J connectivity index is 2.10. The van der Waals surface area contributed by atoms with Crippen molar-refractivity contribution in [3.05, 3.63) is 28.2 Å². The lowest BCUT2D eigenvalue weighted by atomic mass is 9.78. The number of carbonyl (C=O) groups is 1. The number of amides is 1. The zero-order valence-corrected chi connectivity index (χ0v) is 10.4. The summed E-state index contributed by atoms with van der Waals surface area (Å²) >= 11 is 3.49. The third-order valence-corrected chi connectivity index (χ3v) is 4.17. The van der Waals surface area contributed by atoms with Crippen LogP contribution in [0.2, 0.25) is 0 Å². The summed E-state index contributed by atoms with van der Waals surface area (Å²) in [5, 5.41) is 6.38. The van der Waals surface area contributed by atoms with Crippen molar-refractivity contribution >= 4 is 27.5 Å². The van der Waals surface area contributed by atoms with Gasteiger partial charge in [0.25, 0.3) is 0 Å². The van der Waals surface area contributed by atoms with Gasteiger partial charge in [0.05, 0.1) is 5.69 Å². The minimum absolute atomic E-state index is 0.142. The second-order valence-electron chi connectivity index (χ2n) is 4.40. The number of fused-ring (bicyclic) bond motifs is 3. The van der Waals surface area contributed by atoms with Crippen molar-refractivity contribution in [1.29, 1.82) is 0 Å². The highest BCUT2D eigenvalue weighted by atomic mass is 79.9. The SMILES string of the molecule is O=C1Nc2c(Br)cccc2C2CNCCC12. The van der Waals surface area contributed by atoms with E-state index in [-0.39, 0.29) is 11.8 Å². The van der Waals surface area contributed by atoms with Crippen molar-refractivity contribution in [3.63, 3.8) is 0 Å². The first-order chi connectivity index (χ1) is 7.77. The molecule has 84 valence electrons. The Morgan fingerprint density at radius 3 is 3.06 bits per heavy atom. The van der Waals surface area contributed by atoms with Crippen LogP contribution in [0.3, 0.4) is 0 Å². The fourth-order valence-corrected chi connectivity index (χ4v) is 3.18. The largest absolute Gasteiger partial charge is 0.325 e. The maximum absolute atomic E-state index is 12.0. The van der Waals surface area contributed by atoms with E-state index in [4.69, 9.17) is 0 Å². The fourth-order valence-electron chi connectivity index (χ4n) is 2.70. The van der Waals surface area contributed by atoms with E-state index in [9.17, 15) is 4.79 Å². The van der Waals surface area contributed by atoms with Crippen LogP contribution in [0.15, 0.2) is 22.7 Å². The highest BCUT2D eigenvalue weighted by Gasteiger charge is 2.37. The second kappa shape index (κ2) is 3.86. The molecule has 2 aliphatic heterocycles. The van der Waals surface area contributed by atoms with Gasteiger partial charge in [-0.05, 0) is 40.5 Å². The van der Waals surface area contributed by atoms with Crippen LogP contribution < -0.4 is 10.6 Å². The number of anilines is 1. The Morgan fingerprint density at radius 2 is 2.19 bits per heavy atom. The summed E-state index contributed by atoms with van der Waals surface area (Å²) in [7, 11) is 0. The third kappa shape index (κ3) is 1.48. The first kappa shape index (κ1) is 10.3. The number of piperidine rings is 1. The maximum Gasteiger partial charge on any atom is 0.228 e. The van der Waals surface area contributed by atoms with E-state index in [2.05, 4.69) is 32.6 Å². The summed E-state index contributed by atoms with van der Waals surface area (Å²) in [6.45, 7) is 1.85. The Bertz CT molecular complexity index is 447. The molecule has 1 aromatic carbocycles. The number of benzene rings is 1. The zero-order valence-electron chi connectivity index (χ0n) is 8.79. The molecule has 2 unspecified atom stereocenters. The van der Waals surface area contributed by atoms with Gasteiger partial charge in [0, 0.05) is 22.9 Å². The van der Waals surface area contributed by atoms with Crippen molar-refractivity contribution in [1.82, 2.24) is 5.32 Å². The lowest BCUT2D eigenvalue weighted by Gasteiger charge is -2.37. The van der Waals surface area contributed by atoms with Crippen molar-refractivity contribution in [2.24, 2.45) is 5.92 Å². The van der Waals surface area contributed by atoms with E-state index in [1.165, 1.54) is 5.56 Å². The minimum Gasteiger partial charge on any atom is -0.325 e. The lowest BCUT2D eigenvalue weighted by Crippen LogP contribution is -2.44. The van der Waals surface area contributed by atoms with Crippen LogP contribution in [0.1, 0.15) is 17.9 Å². The second-order valence-corrected chi connectivity index (χ2v) is 5.25. The molecule has 1 amide bonds. The molecule has 3 rings (SSSR count). The van der Waals surface area contributed by atoms with Crippen LogP contribution in [0, 0.1) is 5.92 Å². The highest BCUT2D eigenvalue weighted by Crippen LogP contribution is 2.41. The molecule has 1 fully saturated rings. The molecule has 4 heteroatoms. The van der Waals surface area contributed by atoms with Crippen LogP contribution in [0.4, 0.5) is 5.69 Å². The molecular weight excluding hydrogens is 268 g/mol. The van der Waals surface area contributed by atoms with E-state index < -0.39 is 0 Å². The summed E-state index contributed by atoms with van der Waals surface area (Å²) in [5.74, 6) is 0.643. The molecule has 1 aromatic rings. The first-order valence-electron chi connectivity index (χ1n) is 5.57. The van der Waals surface area contributed by atoms with Gasteiger partial charge >= 0.3 is 0 Å². The van der Waals surface area contributed by atoms with Gasteiger partial charge in [-0.2, -0.15) is 0 Å². The van der Waals surface area contributed by atoms with Crippen LogP contribution in [-0.2, 0) is 4.79 Å². The van der Waals surface area contributed by atoms with E-state index in [1.807, 2.05) is 12.1 Å². The highest BCUT2D eigenvalue weighted by molar-refractivity contribution is 9.10. The van der Waals surface area contributed by atoms with Gasteiger partial charge in [-0.25, -0.2) is 0 Å². The molecule has 2 heterocycles. The van der Waals surface area contributed by atoms with Crippen molar-refractivity contribution in [3.8, 4) is 0 Å². The monoisotopic (exact) mass is 280 g/mol. The molecule has 0 aliphatic carbocycles. The molecule has 2 aliphatic rings. The Kier molecular flexibility index (Phi) is 2.48. The molecule has 16 heavy (non-hydrogen) atoms. The zero-order chi connectivity index (χ0) is 11.1. The molecule has 0 radical (unpaired) electrons. The standard InChI is InChI=1S/C12H13BrN2O/c13-10-3-1-2-7-9-6-14-5-4-8(9)12(16)15-11(7)10/h1-3,8-9,14H,4-6H2,(H,15,16). The van der Waals surface area contributed by atoms with Crippen LogP contribution in [0.25, 0.3) is 0 Å². The molecule has 0 spiro atoms. The first-order valence-corrected chi connectivity index (χ1v) is 6.36. The predicted molar refractivity (Wildman–Crippen MR) is 66.5 cm³/mol. The lowest BCUT2D eigenvalue weighted by molar-refractivity contribution is -0.121. The number of carbonyl (C=O) groups excluding carboxylic acids is 1. The molecule has 0 aromatic heterocycles. The van der Waals surface area contributed by atoms with E-state index >= 15 is 0 Å². The van der Waals surface area contributed by atoms with Crippen LogP contribution in [0.5, 0.6) is 0 Å². The maximum atomic E-state index is 12.0. The van der Waals surface area contributed by atoms with E-state index in [0.29, 0.717) is 5.92 Å². The number of hydrogen-bond donors (Lipinski definition) is 2. The van der Waals surface area contributed by atoms with Crippen LogP contribution >= 0.6 is 15.9 Å². The normalized spacial score (nSPS) is 27.9. The van der Waals surface area contributed by atoms with Gasteiger partial charge in [0.2, 0.25) is 5.91 Å². The number of rotatable bonds is 0. The molecular formula is C12H13BrN2O. The Hall–Kier alpha value is -0.870. The number of nitrogens with one attached hydrogen (secondary N) is 2. The van der Waals surface area contributed by atoms with Gasteiger partial charge < -0.3 is 10.6 Å². The Morgan fingerprint density at radius 1 is 1.31 bits per heavy atom. The third-order valence-electron chi connectivity index (χ3n) is 3.51. The quantitative estimate of drug-likeness (QED) is 0.764. The summed E-state index contributed by atoms with van der Waals surface area (Å²) < 4.78 is 0.974.